The first kappa shape index (κ1) is 14.7. The van der Waals surface area contributed by atoms with Crippen LogP contribution >= 0.6 is 0 Å². The van der Waals surface area contributed by atoms with Crippen LogP contribution < -0.4 is 0 Å². The zero-order valence-corrected chi connectivity index (χ0v) is 14.6. The second kappa shape index (κ2) is 5.47. The highest BCUT2D eigenvalue weighted by Gasteiger charge is 2.39. The lowest BCUT2D eigenvalue weighted by Crippen LogP contribution is -2.33. The number of para-hydroxylation sites is 1. The van der Waals surface area contributed by atoms with Crippen molar-refractivity contribution in [1.29, 1.82) is 0 Å². The van der Waals surface area contributed by atoms with E-state index in [1.165, 1.54) is 35.0 Å². The van der Waals surface area contributed by atoms with Gasteiger partial charge in [0.2, 0.25) is 0 Å². The summed E-state index contributed by atoms with van der Waals surface area (Å²) in [7, 11) is 2.28. The molecule has 2 aliphatic heterocycles. The molecule has 0 radical (unpaired) electrons. The van der Waals surface area contributed by atoms with Crippen LogP contribution in [0, 0.1) is 18.8 Å². The van der Waals surface area contributed by atoms with E-state index in [-0.39, 0.29) is 0 Å². The van der Waals surface area contributed by atoms with E-state index in [1.54, 1.807) is 0 Å². The lowest BCUT2D eigenvalue weighted by atomic mass is 9.97. The van der Waals surface area contributed by atoms with E-state index in [0.717, 1.165) is 23.2 Å². The number of hydrogen-bond donors (Lipinski definition) is 1. The van der Waals surface area contributed by atoms with Gasteiger partial charge in [0, 0.05) is 52.6 Å². The van der Waals surface area contributed by atoms with Crippen LogP contribution in [0.1, 0.15) is 47.0 Å². The molecule has 124 valence electrons. The summed E-state index contributed by atoms with van der Waals surface area (Å²) >= 11 is 0. The second-order valence-corrected chi connectivity index (χ2v) is 7.30. The van der Waals surface area contributed by atoms with Crippen molar-refractivity contribution in [1.82, 2.24) is 14.9 Å². The number of benzene rings is 1. The summed E-state index contributed by atoms with van der Waals surface area (Å²) in [6, 6.07) is 11.8. The number of nitrogens with one attached hydrogen (secondary N) is 1. The first-order chi connectivity index (χ1) is 12.2. The van der Waals surface area contributed by atoms with Gasteiger partial charge >= 0.3 is 0 Å². The van der Waals surface area contributed by atoms with Crippen LogP contribution in [0.2, 0.25) is 0 Å². The lowest BCUT2D eigenvalue weighted by molar-refractivity contribution is 0.224. The van der Waals surface area contributed by atoms with Gasteiger partial charge in [-0.1, -0.05) is 24.0 Å². The molecule has 0 aliphatic carbocycles. The molecule has 1 aromatic carbocycles. The van der Waals surface area contributed by atoms with Gasteiger partial charge < -0.3 is 4.98 Å². The summed E-state index contributed by atoms with van der Waals surface area (Å²) in [6.45, 7) is 1.99. The SMILES string of the molecule is Cc1ccc(C#Cc2cccc3c4c([nH]c23)C[C@@H]2CC[C@H]4N2C)cn1. The predicted molar refractivity (Wildman–Crippen MR) is 100 cm³/mol. The zero-order chi connectivity index (χ0) is 17.0. The van der Waals surface area contributed by atoms with E-state index in [1.807, 2.05) is 25.3 Å². The van der Waals surface area contributed by atoms with Crippen LogP contribution in [0.25, 0.3) is 10.9 Å². The summed E-state index contributed by atoms with van der Waals surface area (Å²) in [5.41, 5.74) is 7.17. The molecule has 2 atom stereocenters. The average molecular weight is 327 g/mol. The molecule has 25 heavy (non-hydrogen) atoms. The normalized spacial score (nSPS) is 21.8. The number of H-pyrrole nitrogens is 1. The standard InChI is InChI=1S/C22H21N3/c1-14-6-7-15(13-23-14)8-9-16-4-3-5-18-21-19(24-22(16)18)12-17-10-11-20(21)25(17)2/h3-7,13,17,20,24H,10-12H2,1-2H3/t17-,20+/m0/s1. The molecule has 4 heterocycles. The Labute approximate surface area is 148 Å². The fourth-order valence-corrected chi connectivity index (χ4v) is 4.46. The predicted octanol–water partition coefficient (Wildman–Crippen LogP) is 3.96. The fourth-order valence-electron chi connectivity index (χ4n) is 4.46. The van der Waals surface area contributed by atoms with Gasteiger partial charge in [0.05, 0.1) is 5.52 Å². The van der Waals surface area contributed by atoms with Gasteiger partial charge in [-0.05, 0) is 50.6 Å². The second-order valence-electron chi connectivity index (χ2n) is 7.30. The Morgan fingerprint density at radius 3 is 2.92 bits per heavy atom. The molecular formula is C22H21N3. The Bertz CT molecular complexity index is 1020. The van der Waals surface area contributed by atoms with E-state index in [2.05, 4.69) is 52.0 Å². The highest BCUT2D eigenvalue weighted by molar-refractivity contribution is 5.90. The van der Waals surface area contributed by atoms with E-state index in [4.69, 9.17) is 0 Å². The number of aromatic nitrogens is 2. The molecule has 1 fully saturated rings. The maximum Gasteiger partial charge on any atom is 0.0618 e. The van der Waals surface area contributed by atoms with Gasteiger partial charge in [0.25, 0.3) is 0 Å². The molecular weight excluding hydrogens is 306 g/mol. The van der Waals surface area contributed by atoms with Gasteiger partial charge in [-0.15, -0.1) is 0 Å². The van der Waals surface area contributed by atoms with Crippen molar-refractivity contribution in [3.8, 4) is 11.8 Å². The maximum atomic E-state index is 4.33. The highest BCUT2D eigenvalue weighted by atomic mass is 15.2. The van der Waals surface area contributed by atoms with Gasteiger partial charge in [-0.3, -0.25) is 9.88 Å². The molecule has 3 nitrogen and oxygen atoms in total. The van der Waals surface area contributed by atoms with Crippen molar-refractivity contribution < 1.29 is 0 Å². The number of fused-ring (bicyclic) bond motifs is 6. The highest BCUT2D eigenvalue weighted by Crippen LogP contribution is 2.45. The molecule has 5 rings (SSSR count). The van der Waals surface area contributed by atoms with Crippen molar-refractivity contribution >= 4 is 10.9 Å². The molecule has 1 N–H and O–H groups in total. The van der Waals surface area contributed by atoms with E-state index in [9.17, 15) is 0 Å². The molecule has 2 bridgehead atoms. The van der Waals surface area contributed by atoms with Crippen LogP contribution in [-0.2, 0) is 6.42 Å². The average Bonchev–Trinajstić information content (AvgIpc) is 3.09. The molecule has 0 unspecified atom stereocenters. The van der Waals surface area contributed by atoms with Gasteiger partial charge in [-0.2, -0.15) is 0 Å². The molecule has 2 aromatic heterocycles. The van der Waals surface area contributed by atoms with Crippen molar-refractivity contribution in [3.05, 3.63) is 64.6 Å². The Morgan fingerprint density at radius 2 is 2.08 bits per heavy atom. The maximum absolute atomic E-state index is 4.33. The minimum Gasteiger partial charge on any atom is -0.357 e. The Morgan fingerprint density at radius 1 is 1.16 bits per heavy atom. The van der Waals surface area contributed by atoms with Crippen molar-refractivity contribution in [3.63, 3.8) is 0 Å². The largest absolute Gasteiger partial charge is 0.357 e. The van der Waals surface area contributed by atoms with Crippen molar-refractivity contribution in [2.75, 3.05) is 7.05 Å². The van der Waals surface area contributed by atoms with Crippen molar-refractivity contribution in [2.24, 2.45) is 0 Å². The molecule has 0 saturated carbocycles. The quantitative estimate of drug-likeness (QED) is 0.634. The van der Waals surface area contributed by atoms with Crippen LogP contribution in [0.3, 0.4) is 0 Å². The number of hydrogen-bond acceptors (Lipinski definition) is 2. The van der Waals surface area contributed by atoms with Crippen molar-refractivity contribution in [2.45, 2.75) is 38.3 Å². The smallest absolute Gasteiger partial charge is 0.0618 e. The molecule has 1 saturated heterocycles. The van der Waals surface area contributed by atoms with Gasteiger partial charge in [-0.25, -0.2) is 0 Å². The minimum absolute atomic E-state index is 0.562. The number of pyridine rings is 1. The number of likely N-dealkylation sites (N-methyl/N-ethyl adjacent to an activating group) is 1. The number of aryl methyl sites for hydroxylation is 1. The third-order valence-corrected chi connectivity index (χ3v) is 5.82. The molecule has 0 amide bonds. The Kier molecular flexibility index (Phi) is 3.23. The topological polar surface area (TPSA) is 31.9 Å². The molecule has 3 heteroatoms. The van der Waals surface area contributed by atoms with Gasteiger partial charge in [0.15, 0.2) is 0 Å². The van der Waals surface area contributed by atoms with Crippen LogP contribution in [-0.4, -0.2) is 28.0 Å². The fraction of sp³-hybridized carbons (Fsp3) is 0.318. The van der Waals surface area contributed by atoms with E-state index >= 15 is 0 Å². The van der Waals surface area contributed by atoms with E-state index < -0.39 is 0 Å². The lowest BCUT2D eigenvalue weighted by Gasteiger charge is -2.31. The molecule has 3 aromatic rings. The summed E-state index contributed by atoms with van der Waals surface area (Å²) in [5, 5.41) is 1.35. The number of aromatic amines is 1. The van der Waals surface area contributed by atoms with Crippen LogP contribution in [0.4, 0.5) is 0 Å². The summed E-state index contributed by atoms with van der Waals surface area (Å²) in [6.07, 6.45) is 5.55. The first-order valence-electron chi connectivity index (χ1n) is 9.01. The van der Waals surface area contributed by atoms with E-state index in [0.29, 0.717) is 12.1 Å². The minimum atomic E-state index is 0.562. The summed E-state index contributed by atoms with van der Waals surface area (Å²) in [4.78, 5) is 10.6. The third-order valence-electron chi connectivity index (χ3n) is 5.82. The zero-order valence-electron chi connectivity index (χ0n) is 14.6. The van der Waals surface area contributed by atoms with Crippen LogP contribution in [0.5, 0.6) is 0 Å². The third kappa shape index (κ3) is 2.29. The first-order valence-corrected chi connectivity index (χ1v) is 9.01. The number of nitrogens with zero attached hydrogens (tertiary/aromatic N) is 2. The summed E-state index contributed by atoms with van der Waals surface area (Å²) in [5.74, 6) is 6.61. The Balaban J connectivity index is 1.61. The molecule has 0 spiro atoms. The van der Waals surface area contributed by atoms with Gasteiger partial charge in [0.1, 0.15) is 0 Å². The Hall–Kier alpha value is -2.57. The summed E-state index contributed by atoms with van der Waals surface area (Å²) < 4.78 is 0. The monoisotopic (exact) mass is 327 g/mol. The molecule has 2 aliphatic rings. The number of rotatable bonds is 0. The van der Waals surface area contributed by atoms with Crippen LogP contribution in [0.15, 0.2) is 36.5 Å².